The summed E-state index contributed by atoms with van der Waals surface area (Å²) in [6.07, 6.45) is -1.97. The summed E-state index contributed by atoms with van der Waals surface area (Å²) in [5, 5.41) is 0. The molecule has 0 amide bonds. The molecule has 2 aromatic rings. The zero-order valence-corrected chi connectivity index (χ0v) is 10.4. The van der Waals surface area contributed by atoms with Crippen molar-refractivity contribution in [2.45, 2.75) is 6.18 Å². The second kappa shape index (κ2) is 5.32. The molecule has 0 fully saturated rings. The van der Waals surface area contributed by atoms with Crippen LogP contribution in [0.4, 0.5) is 13.2 Å². The van der Waals surface area contributed by atoms with E-state index in [1.165, 1.54) is 37.7 Å². The van der Waals surface area contributed by atoms with Crippen molar-refractivity contribution in [2.24, 2.45) is 0 Å². The molecular formula is C14H10F3NO2. The summed E-state index contributed by atoms with van der Waals surface area (Å²) in [5.74, 6) is -0.687. The number of halogens is 3. The number of carbonyl (C=O) groups excluding carboxylic acids is 1. The van der Waals surface area contributed by atoms with E-state index in [1.54, 1.807) is 0 Å². The number of aromatic nitrogens is 1. The van der Waals surface area contributed by atoms with Gasteiger partial charge in [0.25, 0.3) is 0 Å². The van der Waals surface area contributed by atoms with Crippen molar-refractivity contribution in [3.05, 3.63) is 59.4 Å². The Morgan fingerprint density at radius 1 is 1.25 bits per heavy atom. The zero-order valence-electron chi connectivity index (χ0n) is 10.4. The Balaban J connectivity index is 2.54. The lowest BCUT2D eigenvalue weighted by atomic mass is 9.98. The van der Waals surface area contributed by atoms with Crippen molar-refractivity contribution in [2.75, 3.05) is 7.11 Å². The molecule has 1 aromatic heterocycles. The fourth-order valence-electron chi connectivity index (χ4n) is 1.74. The number of ketones is 1. The van der Waals surface area contributed by atoms with Crippen LogP contribution in [0.25, 0.3) is 0 Å². The third-order valence-corrected chi connectivity index (χ3v) is 2.70. The number of ether oxygens (including phenoxy) is 1. The summed E-state index contributed by atoms with van der Waals surface area (Å²) in [4.78, 5) is 15.9. The van der Waals surface area contributed by atoms with Gasteiger partial charge in [0.05, 0.1) is 12.7 Å². The quantitative estimate of drug-likeness (QED) is 0.810. The molecule has 1 heterocycles. The fraction of sp³-hybridized carbons (Fsp3) is 0.143. The van der Waals surface area contributed by atoms with E-state index >= 15 is 0 Å². The predicted molar refractivity (Wildman–Crippen MR) is 65.7 cm³/mol. The molecule has 0 saturated carbocycles. The van der Waals surface area contributed by atoms with Crippen molar-refractivity contribution in [1.82, 2.24) is 4.98 Å². The molecule has 0 aliphatic heterocycles. The van der Waals surface area contributed by atoms with E-state index in [-0.39, 0.29) is 11.3 Å². The van der Waals surface area contributed by atoms with Gasteiger partial charge >= 0.3 is 6.18 Å². The maximum atomic E-state index is 13.0. The van der Waals surface area contributed by atoms with Crippen LogP contribution in [0.5, 0.6) is 5.75 Å². The molecule has 20 heavy (non-hydrogen) atoms. The highest BCUT2D eigenvalue weighted by Gasteiger charge is 2.35. The molecule has 2 rings (SSSR count). The number of benzene rings is 1. The van der Waals surface area contributed by atoms with E-state index in [0.29, 0.717) is 0 Å². The Morgan fingerprint density at radius 3 is 2.55 bits per heavy atom. The van der Waals surface area contributed by atoms with Crippen LogP contribution < -0.4 is 4.74 Å². The molecule has 0 unspecified atom stereocenters. The van der Waals surface area contributed by atoms with E-state index in [0.717, 1.165) is 12.1 Å². The number of hydrogen-bond acceptors (Lipinski definition) is 3. The first-order valence-electron chi connectivity index (χ1n) is 5.63. The number of nitrogens with zero attached hydrogens (tertiary/aromatic N) is 1. The molecule has 6 heteroatoms. The second-order valence-electron chi connectivity index (χ2n) is 3.98. The number of carbonyl (C=O) groups is 1. The first kappa shape index (κ1) is 14.0. The summed E-state index contributed by atoms with van der Waals surface area (Å²) >= 11 is 0. The number of rotatable bonds is 3. The first-order chi connectivity index (χ1) is 9.43. The van der Waals surface area contributed by atoms with Gasteiger partial charge in [-0.2, -0.15) is 13.2 Å². The Kier molecular flexibility index (Phi) is 3.74. The molecule has 0 spiro atoms. The molecule has 0 saturated heterocycles. The van der Waals surface area contributed by atoms with Crippen molar-refractivity contribution in [1.29, 1.82) is 0 Å². The Labute approximate surface area is 113 Å². The molecule has 0 bridgehead atoms. The van der Waals surface area contributed by atoms with Crippen LogP contribution in [0.1, 0.15) is 21.5 Å². The van der Waals surface area contributed by atoms with Crippen molar-refractivity contribution >= 4 is 5.78 Å². The zero-order chi connectivity index (χ0) is 14.8. The highest BCUT2D eigenvalue weighted by molar-refractivity contribution is 6.09. The molecule has 1 aromatic carbocycles. The van der Waals surface area contributed by atoms with E-state index in [9.17, 15) is 18.0 Å². The van der Waals surface area contributed by atoms with E-state index in [4.69, 9.17) is 4.74 Å². The molecule has 0 aliphatic rings. The highest BCUT2D eigenvalue weighted by atomic mass is 19.4. The molecular weight excluding hydrogens is 271 g/mol. The molecule has 104 valence electrons. The van der Waals surface area contributed by atoms with Gasteiger partial charge in [0.2, 0.25) is 0 Å². The van der Waals surface area contributed by atoms with Gasteiger partial charge in [-0.1, -0.05) is 0 Å². The lowest BCUT2D eigenvalue weighted by Gasteiger charge is -2.13. The first-order valence-corrected chi connectivity index (χ1v) is 5.63. The van der Waals surface area contributed by atoms with E-state index in [1.807, 2.05) is 0 Å². The summed E-state index contributed by atoms with van der Waals surface area (Å²) in [6, 6.07) is 6.14. The monoisotopic (exact) mass is 281 g/mol. The van der Waals surface area contributed by atoms with Crippen molar-refractivity contribution in [3.63, 3.8) is 0 Å². The normalized spacial score (nSPS) is 11.2. The second-order valence-corrected chi connectivity index (χ2v) is 3.98. The summed E-state index contributed by atoms with van der Waals surface area (Å²) in [5.41, 5.74) is -1.35. The molecule has 0 atom stereocenters. The summed E-state index contributed by atoms with van der Waals surface area (Å²) in [7, 11) is 1.26. The minimum Gasteiger partial charge on any atom is -0.497 e. The van der Waals surface area contributed by atoms with Crippen molar-refractivity contribution in [3.8, 4) is 5.75 Å². The lowest BCUT2D eigenvalue weighted by Crippen LogP contribution is -2.14. The largest absolute Gasteiger partial charge is 0.497 e. The van der Waals surface area contributed by atoms with Crippen LogP contribution in [0.3, 0.4) is 0 Å². The van der Waals surface area contributed by atoms with Crippen LogP contribution in [-0.4, -0.2) is 17.9 Å². The topological polar surface area (TPSA) is 39.2 Å². The summed E-state index contributed by atoms with van der Waals surface area (Å²) < 4.78 is 43.8. The van der Waals surface area contributed by atoms with Crippen LogP contribution >= 0.6 is 0 Å². The number of pyridine rings is 1. The average molecular weight is 281 g/mol. The van der Waals surface area contributed by atoms with Crippen LogP contribution in [0.2, 0.25) is 0 Å². The third-order valence-electron chi connectivity index (χ3n) is 2.70. The Bertz CT molecular complexity index is 624. The van der Waals surface area contributed by atoms with Gasteiger partial charge < -0.3 is 4.74 Å². The smallest absolute Gasteiger partial charge is 0.417 e. The van der Waals surface area contributed by atoms with Gasteiger partial charge in [-0.3, -0.25) is 9.78 Å². The minimum atomic E-state index is -4.64. The lowest BCUT2D eigenvalue weighted by molar-refractivity contribution is -0.138. The van der Waals surface area contributed by atoms with Crippen LogP contribution in [0.15, 0.2) is 42.7 Å². The molecule has 0 N–H and O–H groups in total. The van der Waals surface area contributed by atoms with Gasteiger partial charge in [0, 0.05) is 23.5 Å². The van der Waals surface area contributed by atoms with Gasteiger partial charge in [-0.05, 0) is 30.3 Å². The van der Waals surface area contributed by atoms with Gasteiger partial charge in [0.1, 0.15) is 5.75 Å². The Morgan fingerprint density at radius 2 is 2.00 bits per heavy atom. The molecule has 3 nitrogen and oxygen atoms in total. The van der Waals surface area contributed by atoms with Gasteiger partial charge in [-0.15, -0.1) is 0 Å². The van der Waals surface area contributed by atoms with Gasteiger partial charge in [-0.25, -0.2) is 0 Å². The molecule has 0 radical (unpaired) electrons. The Hall–Kier alpha value is -2.37. The van der Waals surface area contributed by atoms with Gasteiger partial charge in [0.15, 0.2) is 5.78 Å². The van der Waals surface area contributed by atoms with Crippen molar-refractivity contribution < 1.29 is 22.7 Å². The molecule has 0 aliphatic carbocycles. The maximum absolute atomic E-state index is 13.0. The summed E-state index contributed by atoms with van der Waals surface area (Å²) in [6.45, 7) is 0. The average Bonchev–Trinajstić information content (AvgIpc) is 2.46. The van der Waals surface area contributed by atoms with Crippen LogP contribution in [0, 0.1) is 0 Å². The van der Waals surface area contributed by atoms with E-state index < -0.39 is 23.1 Å². The van der Waals surface area contributed by atoms with Crippen LogP contribution in [-0.2, 0) is 6.18 Å². The maximum Gasteiger partial charge on any atom is 0.417 e. The number of methoxy groups -OCH3 is 1. The number of alkyl halides is 3. The SMILES string of the molecule is COc1ccc(C(=O)c2cccnc2)c(C(F)(F)F)c1. The van der Waals surface area contributed by atoms with E-state index in [2.05, 4.69) is 4.98 Å². The minimum absolute atomic E-state index is 0.0417. The highest BCUT2D eigenvalue weighted by Crippen LogP contribution is 2.35. The predicted octanol–water partition coefficient (Wildman–Crippen LogP) is 3.34. The fourth-order valence-corrected chi connectivity index (χ4v) is 1.74. The third kappa shape index (κ3) is 2.79. The standard InChI is InChI=1S/C14H10F3NO2/c1-20-10-4-5-11(12(7-10)14(15,16)17)13(19)9-3-2-6-18-8-9/h2-8H,1H3. The number of hydrogen-bond donors (Lipinski definition) is 0.